The lowest BCUT2D eigenvalue weighted by atomic mass is 9.98. The lowest BCUT2D eigenvalue weighted by Crippen LogP contribution is -2.10. The van der Waals surface area contributed by atoms with Crippen molar-refractivity contribution in [2.45, 2.75) is 6.92 Å². The highest BCUT2D eigenvalue weighted by Gasteiger charge is 2.18. The third-order valence-electron chi connectivity index (χ3n) is 8.27. The van der Waals surface area contributed by atoms with E-state index in [0.717, 1.165) is 50.5 Å². The molecule has 45 heavy (non-hydrogen) atoms. The molecule has 6 aromatic carbocycles. The fourth-order valence-corrected chi connectivity index (χ4v) is 5.96. The second-order valence-electron chi connectivity index (χ2n) is 11.1. The molecular formula is C43H33NO. The van der Waals surface area contributed by atoms with Gasteiger partial charge in [0.15, 0.2) is 0 Å². The van der Waals surface area contributed by atoms with Gasteiger partial charge in [-0.2, -0.15) is 0 Å². The van der Waals surface area contributed by atoms with Gasteiger partial charge in [0.2, 0.25) is 0 Å². The summed E-state index contributed by atoms with van der Waals surface area (Å²) in [6, 6.07) is 55.4. The summed E-state index contributed by atoms with van der Waals surface area (Å²) < 4.78 is 6.35. The Hall–Kier alpha value is -5.86. The molecule has 0 saturated carbocycles. The van der Waals surface area contributed by atoms with E-state index in [0.29, 0.717) is 0 Å². The monoisotopic (exact) mass is 579 g/mol. The summed E-state index contributed by atoms with van der Waals surface area (Å²) in [5, 5.41) is 1.13. The maximum atomic E-state index is 6.35. The van der Waals surface area contributed by atoms with Crippen LogP contribution < -0.4 is 4.90 Å². The SMILES string of the molecule is C=C/C=C(/c1ccc(N(c2ccc(-c3ccccc3)cc2)c2ccc(-c3ccccc3)cc2)cc1)c1oc2ccccc2c1C. The number of hydrogen-bond acceptors (Lipinski definition) is 2. The smallest absolute Gasteiger partial charge is 0.138 e. The first-order valence-corrected chi connectivity index (χ1v) is 15.2. The van der Waals surface area contributed by atoms with Crippen LogP contribution in [0.4, 0.5) is 17.1 Å². The van der Waals surface area contributed by atoms with Crippen LogP contribution in [0.3, 0.4) is 0 Å². The fraction of sp³-hybridized carbons (Fsp3) is 0.0233. The Morgan fingerprint density at radius 1 is 0.533 bits per heavy atom. The lowest BCUT2D eigenvalue weighted by Gasteiger charge is -2.26. The molecule has 1 aromatic heterocycles. The van der Waals surface area contributed by atoms with Crippen molar-refractivity contribution in [2.24, 2.45) is 0 Å². The summed E-state index contributed by atoms with van der Waals surface area (Å²) in [6.07, 6.45) is 3.85. The highest BCUT2D eigenvalue weighted by atomic mass is 16.3. The van der Waals surface area contributed by atoms with Gasteiger partial charge >= 0.3 is 0 Å². The molecule has 0 fully saturated rings. The number of hydrogen-bond donors (Lipinski definition) is 0. The standard InChI is InChI=1S/C43H33NO/c1-3-12-41(43-31(2)40-17-10-11-18-42(40)45-43)36-23-29-39(30-24-36)44(37-25-19-34(20-26-37)32-13-6-4-7-14-32)38-27-21-35(22-28-38)33-15-8-5-9-16-33/h3-30H,1H2,2H3/b41-12-. The van der Waals surface area contributed by atoms with Crippen molar-refractivity contribution in [2.75, 3.05) is 4.90 Å². The van der Waals surface area contributed by atoms with Crippen molar-refractivity contribution in [3.05, 3.63) is 193 Å². The van der Waals surface area contributed by atoms with Gasteiger partial charge in [-0.05, 0) is 77.2 Å². The molecule has 0 radical (unpaired) electrons. The summed E-state index contributed by atoms with van der Waals surface area (Å²) in [5.41, 5.74) is 12.1. The quantitative estimate of drug-likeness (QED) is 0.167. The van der Waals surface area contributed by atoms with E-state index >= 15 is 0 Å². The summed E-state index contributed by atoms with van der Waals surface area (Å²) in [7, 11) is 0. The molecule has 0 saturated heterocycles. The molecule has 216 valence electrons. The van der Waals surface area contributed by atoms with Crippen molar-refractivity contribution in [1.29, 1.82) is 0 Å². The highest BCUT2D eigenvalue weighted by Crippen LogP contribution is 2.39. The predicted octanol–water partition coefficient (Wildman–Crippen LogP) is 12.2. The van der Waals surface area contributed by atoms with Gasteiger partial charge in [0, 0.05) is 33.6 Å². The Morgan fingerprint density at radius 3 is 1.47 bits per heavy atom. The molecule has 0 aliphatic heterocycles. The van der Waals surface area contributed by atoms with Gasteiger partial charge in [0.1, 0.15) is 11.3 Å². The summed E-state index contributed by atoms with van der Waals surface area (Å²) >= 11 is 0. The van der Waals surface area contributed by atoms with Crippen molar-refractivity contribution >= 4 is 33.6 Å². The van der Waals surface area contributed by atoms with E-state index in [1.54, 1.807) is 0 Å². The Morgan fingerprint density at radius 2 is 0.978 bits per heavy atom. The van der Waals surface area contributed by atoms with Gasteiger partial charge in [0.05, 0.1) is 0 Å². The van der Waals surface area contributed by atoms with Crippen LogP contribution in [0.5, 0.6) is 0 Å². The molecule has 0 atom stereocenters. The Balaban J connectivity index is 1.28. The van der Waals surface area contributed by atoms with E-state index < -0.39 is 0 Å². The molecule has 1 heterocycles. The highest BCUT2D eigenvalue weighted by molar-refractivity contribution is 5.91. The number of nitrogens with zero attached hydrogens (tertiary/aromatic N) is 1. The van der Waals surface area contributed by atoms with Crippen LogP contribution >= 0.6 is 0 Å². The van der Waals surface area contributed by atoms with Crippen molar-refractivity contribution in [3.8, 4) is 22.3 Å². The zero-order valence-electron chi connectivity index (χ0n) is 25.2. The van der Waals surface area contributed by atoms with Crippen LogP contribution in [0, 0.1) is 6.92 Å². The maximum Gasteiger partial charge on any atom is 0.138 e. The average Bonchev–Trinajstić information content (AvgIpc) is 3.45. The molecule has 7 aromatic rings. The number of fused-ring (bicyclic) bond motifs is 1. The second kappa shape index (κ2) is 12.4. The minimum Gasteiger partial charge on any atom is -0.456 e. The lowest BCUT2D eigenvalue weighted by molar-refractivity contribution is 0.597. The van der Waals surface area contributed by atoms with Crippen molar-refractivity contribution in [3.63, 3.8) is 0 Å². The van der Waals surface area contributed by atoms with Crippen LogP contribution in [0.15, 0.2) is 181 Å². The number of aryl methyl sites for hydroxylation is 1. The van der Waals surface area contributed by atoms with E-state index in [2.05, 4.69) is 146 Å². The molecule has 2 nitrogen and oxygen atoms in total. The third kappa shape index (κ3) is 5.62. The summed E-state index contributed by atoms with van der Waals surface area (Å²) in [5.74, 6) is 0.869. The molecule has 0 aliphatic rings. The van der Waals surface area contributed by atoms with Crippen molar-refractivity contribution in [1.82, 2.24) is 0 Å². The van der Waals surface area contributed by atoms with Gasteiger partial charge < -0.3 is 9.32 Å². The number of anilines is 3. The fourth-order valence-electron chi connectivity index (χ4n) is 5.96. The van der Waals surface area contributed by atoms with Gasteiger partial charge in [0.25, 0.3) is 0 Å². The second-order valence-corrected chi connectivity index (χ2v) is 11.1. The largest absolute Gasteiger partial charge is 0.456 e. The molecule has 0 N–H and O–H groups in total. The van der Waals surface area contributed by atoms with Gasteiger partial charge in [-0.25, -0.2) is 0 Å². The molecule has 7 rings (SSSR count). The number of rotatable bonds is 8. The van der Waals surface area contributed by atoms with E-state index in [4.69, 9.17) is 4.42 Å². The van der Waals surface area contributed by atoms with E-state index in [1.807, 2.05) is 42.5 Å². The molecule has 0 bridgehead atoms. The average molecular weight is 580 g/mol. The number of para-hydroxylation sites is 1. The molecule has 0 aliphatic carbocycles. The normalized spacial score (nSPS) is 11.4. The van der Waals surface area contributed by atoms with Crippen molar-refractivity contribution < 1.29 is 4.42 Å². The van der Waals surface area contributed by atoms with Crippen LogP contribution in [0.1, 0.15) is 16.9 Å². The topological polar surface area (TPSA) is 16.4 Å². The Bertz CT molecular complexity index is 2000. The molecule has 0 amide bonds. The van der Waals surface area contributed by atoms with Crippen LogP contribution in [0.25, 0.3) is 38.8 Å². The molecule has 2 heteroatoms. The first-order chi connectivity index (χ1) is 22.2. The zero-order chi connectivity index (χ0) is 30.6. The van der Waals surface area contributed by atoms with E-state index in [9.17, 15) is 0 Å². The maximum absolute atomic E-state index is 6.35. The number of benzene rings is 6. The summed E-state index contributed by atoms with van der Waals surface area (Å²) in [6.45, 7) is 6.11. The van der Waals surface area contributed by atoms with E-state index in [-0.39, 0.29) is 0 Å². The Labute approximate surface area is 264 Å². The summed E-state index contributed by atoms with van der Waals surface area (Å²) in [4.78, 5) is 2.30. The molecular weight excluding hydrogens is 546 g/mol. The van der Waals surface area contributed by atoms with Crippen LogP contribution in [0.2, 0.25) is 0 Å². The van der Waals surface area contributed by atoms with Crippen LogP contribution in [-0.4, -0.2) is 0 Å². The minimum absolute atomic E-state index is 0.869. The minimum atomic E-state index is 0.869. The van der Waals surface area contributed by atoms with Crippen LogP contribution in [-0.2, 0) is 0 Å². The first kappa shape index (κ1) is 27.9. The zero-order valence-corrected chi connectivity index (χ0v) is 25.2. The third-order valence-corrected chi connectivity index (χ3v) is 8.27. The number of allylic oxidation sites excluding steroid dienone is 2. The van der Waals surface area contributed by atoms with E-state index in [1.165, 1.54) is 22.3 Å². The Kier molecular flexibility index (Phi) is 7.70. The predicted molar refractivity (Wildman–Crippen MR) is 190 cm³/mol. The van der Waals surface area contributed by atoms with Gasteiger partial charge in [-0.1, -0.05) is 134 Å². The molecule has 0 spiro atoms. The first-order valence-electron chi connectivity index (χ1n) is 15.2. The molecule has 0 unspecified atom stereocenters. The van der Waals surface area contributed by atoms with Gasteiger partial charge in [-0.15, -0.1) is 0 Å². The number of furan rings is 1. The van der Waals surface area contributed by atoms with Gasteiger partial charge in [-0.3, -0.25) is 0 Å².